The first kappa shape index (κ1) is 12.7. The second kappa shape index (κ2) is 5.36. The van der Waals surface area contributed by atoms with Gasteiger partial charge in [0, 0.05) is 17.6 Å². The minimum absolute atomic E-state index is 0.748. The van der Waals surface area contributed by atoms with Crippen LogP contribution in [0.4, 0.5) is 0 Å². The van der Waals surface area contributed by atoms with Crippen molar-refractivity contribution in [2.45, 2.75) is 32.4 Å². The van der Waals surface area contributed by atoms with E-state index in [4.69, 9.17) is 11.6 Å². The van der Waals surface area contributed by atoms with Crippen LogP contribution in [0.1, 0.15) is 24.0 Å². The van der Waals surface area contributed by atoms with Crippen molar-refractivity contribution in [2.75, 3.05) is 0 Å². The van der Waals surface area contributed by atoms with Gasteiger partial charge in [0.05, 0.1) is 0 Å². The molecular weight excluding hydrogens is 254 g/mol. The molecule has 2 aromatic carbocycles. The van der Waals surface area contributed by atoms with Crippen LogP contribution < -0.4 is 5.32 Å². The SMILES string of the molecule is Cc1ccc(-c2cccc(CNC3CC3)c2)cc1Cl. The molecule has 1 N–H and O–H groups in total. The highest BCUT2D eigenvalue weighted by molar-refractivity contribution is 6.31. The topological polar surface area (TPSA) is 12.0 Å². The van der Waals surface area contributed by atoms with Gasteiger partial charge in [-0.15, -0.1) is 0 Å². The number of nitrogens with one attached hydrogen (secondary N) is 1. The van der Waals surface area contributed by atoms with Crippen molar-refractivity contribution in [3.8, 4) is 11.1 Å². The summed E-state index contributed by atoms with van der Waals surface area (Å²) in [5.74, 6) is 0. The van der Waals surface area contributed by atoms with E-state index in [1.165, 1.54) is 29.5 Å². The molecule has 98 valence electrons. The normalized spacial score (nSPS) is 14.6. The Bertz CT molecular complexity index is 588. The Kier molecular flexibility index (Phi) is 3.58. The third kappa shape index (κ3) is 3.17. The van der Waals surface area contributed by atoms with Gasteiger partial charge >= 0.3 is 0 Å². The molecule has 1 aliphatic rings. The number of hydrogen-bond donors (Lipinski definition) is 1. The smallest absolute Gasteiger partial charge is 0.0441 e. The van der Waals surface area contributed by atoms with Gasteiger partial charge in [0.2, 0.25) is 0 Å². The maximum atomic E-state index is 6.20. The summed E-state index contributed by atoms with van der Waals surface area (Å²) in [4.78, 5) is 0. The Morgan fingerprint density at radius 1 is 1.11 bits per heavy atom. The lowest BCUT2D eigenvalue weighted by Crippen LogP contribution is -2.15. The highest BCUT2D eigenvalue weighted by atomic mass is 35.5. The molecule has 0 spiro atoms. The van der Waals surface area contributed by atoms with Crippen LogP contribution in [0.2, 0.25) is 5.02 Å². The number of rotatable bonds is 4. The summed E-state index contributed by atoms with van der Waals surface area (Å²) in [6.45, 7) is 2.99. The lowest BCUT2D eigenvalue weighted by Gasteiger charge is -2.08. The van der Waals surface area contributed by atoms with Gasteiger partial charge in [0.1, 0.15) is 0 Å². The summed E-state index contributed by atoms with van der Waals surface area (Å²) in [6.07, 6.45) is 2.65. The Labute approximate surface area is 119 Å². The van der Waals surface area contributed by atoms with Crippen molar-refractivity contribution in [2.24, 2.45) is 0 Å². The second-order valence-electron chi connectivity index (χ2n) is 5.32. The molecule has 0 atom stereocenters. The maximum absolute atomic E-state index is 6.20. The molecule has 1 aliphatic carbocycles. The minimum atomic E-state index is 0.748. The maximum Gasteiger partial charge on any atom is 0.0441 e. The molecule has 0 amide bonds. The van der Waals surface area contributed by atoms with Crippen LogP contribution in [0.3, 0.4) is 0 Å². The van der Waals surface area contributed by atoms with E-state index in [1.54, 1.807) is 0 Å². The van der Waals surface area contributed by atoms with Crippen LogP contribution in [0.25, 0.3) is 11.1 Å². The molecule has 0 heterocycles. The van der Waals surface area contributed by atoms with E-state index in [1.807, 2.05) is 13.0 Å². The largest absolute Gasteiger partial charge is 0.310 e. The van der Waals surface area contributed by atoms with Crippen molar-refractivity contribution in [1.29, 1.82) is 0 Å². The van der Waals surface area contributed by atoms with Crippen LogP contribution in [0.5, 0.6) is 0 Å². The summed E-state index contributed by atoms with van der Waals surface area (Å²) >= 11 is 6.20. The van der Waals surface area contributed by atoms with Crippen molar-refractivity contribution in [3.63, 3.8) is 0 Å². The minimum Gasteiger partial charge on any atom is -0.310 e. The number of aryl methyl sites for hydroxylation is 1. The first-order chi connectivity index (χ1) is 9.22. The van der Waals surface area contributed by atoms with Crippen molar-refractivity contribution in [1.82, 2.24) is 5.32 Å². The predicted molar refractivity (Wildman–Crippen MR) is 81.5 cm³/mol. The molecule has 0 bridgehead atoms. The molecule has 1 saturated carbocycles. The molecule has 0 aromatic heterocycles. The van der Waals surface area contributed by atoms with Crippen LogP contribution >= 0.6 is 11.6 Å². The van der Waals surface area contributed by atoms with Gasteiger partial charge in [-0.1, -0.05) is 41.9 Å². The van der Waals surface area contributed by atoms with E-state index in [9.17, 15) is 0 Å². The number of hydrogen-bond acceptors (Lipinski definition) is 1. The van der Waals surface area contributed by atoms with Crippen LogP contribution in [-0.4, -0.2) is 6.04 Å². The molecule has 0 aliphatic heterocycles. The van der Waals surface area contributed by atoms with E-state index >= 15 is 0 Å². The molecule has 3 rings (SSSR count). The molecule has 0 saturated heterocycles. The molecule has 1 nitrogen and oxygen atoms in total. The lowest BCUT2D eigenvalue weighted by atomic mass is 10.0. The first-order valence-electron chi connectivity index (χ1n) is 6.81. The predicted octanol–water partition coefficient (Wildman–Crippen LogP) is 4.57. The Balaban J connectivity index is 1.82. The quantitative estimate of drug-likeness (QED) is 0.859. The van der Waals surface area contributed by atoms with Crippen LogP contribution in [-0.2, 0) is 6.54 Å². The Morgan fingerprint density at radius 2 is 1.89 bits per heavy atom. The fourth-order valence-corrected chi connectivity index (χ4v) is 2.36. The van der Waals surface area contributed by atoms with Gasteiger partial charge in [0.25, 0.3) is 0 Å². The van der Waals surface area contributed by atoms with E-state index in [0.29, 0.717) is 0 Å². The molecule has 2 aromatic rings. The monoisotopic (exact) mass is 271 g/mol. The Morgan fingerprint density at radius 3 is 2.63 bits per heavy atom. The van der Waals surface area contributed by atoms with E-state index < -0.39 is 0 Å². The third-order valence-corrected chi connectivity index (χ3v) is 4.01. The second-order valence-corrected chi connectivity index (χ2v) is 5.73. The fraction of sp³-hybridized carbons (Fsp3) is 0.294. The number of halogens is 1. The Hall–Kier alpha value is -1.31. The summed E-state index contributed by atoms with van der Waals surface area (Å²) < 4.78 is 0. The van der Waals surface area contributed by atoms with Gasteiger partial charge in [-0.05, 0) is 54.2 Å². The highest BCUT2D eigenvalue weighted by Crippen LogP contribution is 2.26. The third-order valence-electron chi connectivity index (χ3n) is 3.60. The average Bonchev–Trinajstić information content (AvgIpc) is 3.24. The van der Waals surface area contributed by atoms with Crippen molar-refractivity contribution in [3.05, 3.63) is 58.6 Å². The van der Waals surface area contributed by atoms with E-state index in [0.717, 1.165) is 23.2 Å². The van der Waals surface area contributed by atoms with Gasteiger partial charge in [-0.3, -0.25) is 0 Å². The van der Waals surface area contributed by atoms with E-state index in [2.05, 4.69) is 41.7 Å². The van der Waals surface area contributed by atoms with Crippen molar-refractivity contribution >= 4 is 11.6 Å². The van der Waals surface area contributed by atoms with Gasteiger partial charge in [-0.2, -0.15) is 0 Å². The summed E-state index contributed by atoms with van der Waals surface area (Å²) in [7, 11) is 0. The van der Waals surface area contributed by atoms with E-state index in [-0.39, 0.29) is 0 Å². The molecule has 0 unspecified atom stereocenters. The van der Waals surface area contributed by atoms with Gasteiger partial charge < -0.3 is 5.32 Å². The van der Waals surface area contributed by atoms with Crippen molar-refractivity contribution < 1.29 is 0 Å². The van der Waals surface area contributed by atoms with Crippen LogP contribution in [0, 0.1) is 6.92 Å². The number of benzene rings is 2. The zero-order chi connectivity index (χ0) is 13.2. The summed E-state index contributed by atoms with van der Waals surface area (Å²) in [6, 6.07) is 15.7. The first-order valence-corrected chi connectivity index (χ1v) is 7.19. The van der Waals surface area contributed by atoms with Gasteiger partial charge in [-0.25, -0.2) is 0 Å². The highest BCUT2D eigenvalue weighted by Gasteiger charge is 2.19. The summed E-state index contributed by atoms with van der Waals surface area (Å²) in [5, 5.41) is 4.38. The van der Waals surface area contributed by atoms with Gasteiger partial charge in [0.15, 0.2) is 0 Å². The zero-order valence-corrected chi connectivity index (χ0v) is 11.9. The molecule has 0 radical (unpaired) electrons. The molecule has 19 heavy (non-hydrogen) atoms. The average molecular weight is 272 g/mol. The zero-order valence-electron chi connectivity index (χ0n) is 11.1. The lowest BCUT2D eigenvalue weighted by molar-refractivity contribution is 0.688. The molecular formula is C17H18ClN. The fourth-order valence-electron chi connectivity index (χ4n) is 2.18. The summed E-state index contributed by atoms with van der Waals surface area (Å²) in [5.41, 5.74) is 4.87. The van der Waals surface area contributed by atoms with Crippen LogP contribution in [0.15, 0.2) is 42.5 Å². The molecule has 1 fully saturated rings. The molecule has 2 heteroatoms. The standard InChI is InChI=1S/C17H18ClN/c1-12-5-6-15(10-17(12)18)14-4-2-3-13(9-14)11-19-16-7-8-16/h2-6,9-10,16,19H,7-8,11H2,1H3.